The molecule has 1 saturated carbocycles. The molecule has 1 aliphatic rings. The number of aromatic nitrogens is 1. The quantitative estimate of drug-likeness (QED) is 0.493. The second kappa shape index (κ2) is 8.17. The lowest BCUT2D eigenvalue weighted by Gasteiger charge is -2.15. The summed E-state index contributed by atoms with van der Waals surface area (Å²) >= 11 is 0. The first-order valence-electron chi connectivity index (χ1n) is 9.98. The highest BCUT2D eigenvalue weighted by Gasteiger charge is 2.43. The van der Waals surface area contributed by atoms with Gasteiger partial charge in [-0.2, -0.15) is 0 Å². The molecule has 1 heterocycles. The van der Waals surface area contributed by atoms with E-state index in [0.717, 1.165) is 41.4 Å². The Labute approximate surface area is 181 Å². The Bertz CT molecular complexity index is 1290. The zero-order chi connectivity index (χ0) is 22.1. The smallest absolute Gasteiger partial charge is 0.255 e. The average molecular weight is 437 g/mol. The van der Waals surface area contributed by atoms with Crippen molar-refractivity contribution in [3.63, 3.8) is 0 Å². The van der Waals surface area contributed by atoms with Crippen LogP contribution in [0.25, 0.3) is 23.3 Å². The number of rotatable bonds is 7. The zero-order valence-electron chi connectivity index (χ0n) is 17.1. The SMILES string of the molecule is CS(=O)(=O)Nc1ccc(/C=C/c2cc(-c3ccc[nH]c3=O)cc(C3(CO)CC3)c2)cc1. The molecule has 1 fully saturated rings. The van der Waals surface area contributed by atoms with Gasteiger partial charge in [0, 0.05) is 22.9 Å². The first kappa shape index (κ1) is 21.1. The number of nitrogens with one attached hydrogen (secondary N) is 2. The van der Waals surface area contributed by atoms with Crippen molar-refractivity contribution in [2.24, 2.45) is 0 Å². The lowest BCUT2D eigenvalue weighted by Crippen LogP contribution is -2.13. The van der Waals surface area contributed by atoms with Gasteiger partial charge in [0.2, 0.25) is 10.0 Å². The topological polar surface area (TPSA) is 99.3 Å². The first-order valence-corrected chi connectivity index (χ1v) is 11.9. The van der Waals surface area contributed by atoms with E-state index >= 15 is 0 Å². The number of anilines is 1. The van der Waals surface area contributed by atoms with E-state index in [0.29, 0.717) is 11.3 Å². The summed E-state index contributed by atoms with van der Waals surface area (Å²) in [7, 11) is -3.31. The van der Waals surface area contributed by atoms with Gasteiger partial charge in [0.25, 0.3) is 5.56 Å². The van der Waals surface area contributed by atoms with Crippen molar-refractivity contribution in [1.29, 1.82) is 0 Å². The van der Waals surface area contributed by atoms with Gasteiger partial charge in [-0.3, -0.25) is 9.52 Å². The Balaban J connectivity index is 1.68. The summed E-state index contributed by atoms with van der Waals surface area (Å²) in [6.45, 7) is 0.0829. The molecule has 0 saturated heterocycles. The number of benzene rings is 2. The summed E-state index contributed by atoms with van der Waals surface area (Å²) in [6, 6.07) is 16.7. The summed E-state index contributed by atoms with van der Waals surface area (Å²) in [5.41, 5.74) is 4.39. The van der Waals surface area contributed by atoms with Crippen LogP contribution in [0, 0.1) is 0 Å². The van der Waals surface area contributed by atoms with Gasteiger partial charge in [-0.05, 0) is 65.4 Å². The van der Waals surface area contributed by atoms with Crippen molar-refractivity contribution in [2.75, 3.05) is 17.6 Å². The highest BCUT2D eigenvalue weighted by Crippen LogP contribution is 2.48. The molecule has 7 heteroatoms. The van der Waals surface area contributed by atoms with Gasteiger partial charge < -0.3 is 10.1 Å². The molecule has 0 radical (unpaired) electrons. The van der Waals surface area contributed by atoms with Gasteiger partial charge >= 0.3 is 0 Å². The molecule has 1 aliphatic carbocycles. The maximum atomic E-state index is 12.3. The van der Waals surface area contributed by atoms with Crippen LogP contribution in [0.1, 0.15) is 29.5 Å². The van der Waals surface area contributed by atoms with Crippen molar-refractivity contribution in [1.82, 2.24) is 4.98 Å². The summed E-state index contributed by atoms with van der Waals surface area (Å²) in [4.78, 5) is 15.0. The highest BCUT2D eigenvalue weighted by atomic mass is 32.2. The molecule has 31 heavy (non-hydrogen) atoms. The number of aliphatic hydroxyl groups excluding tert-OH is 1. The molecule has 3 N–H and O–H groups in total. The number of H-pyrrole nitrogens is 1. The third kappa shape index (κ3) is 4.95. The average Bonchev–Trinajstić information content (AvgIpc) is 3.54. The summed E-state index contributed by atoms with van der Waals surface area (Å²) in [6.07, 6.45) is 8.46. The first-order chi connectivity index (χ1) is 14.8. The second-order valence-electron chi connectivity index (χ2n) is 8.02. The highest BCUT2D eigenvalue weighted by molar-refractivity contribution is 7.92. The van der Waals surface area contributed by atoms with E-state index in [4.69, 9.17) is 0 Å². The summed E-state index contributed by atoms with van der Waals surface area (Å²) in [5, 5.41) is 9.90. The molecule has 6 nitrogen and oxygen atoms in total. The normalized spacial score (nSPS) is 15.2. The summed E-state index contributed by atoms with van der Waals surface area (Å²) < 4.78 is 25.1. The predicted octanol–water partition coefficient (Wildman–Crippen LogP) is 3.61. The minimum Gasteiger partial charge on any atom is -0.395 e. The van der Waals surface area contributed by atoms with Crippen LogP contribution in [0.2, 0.25) is 0 Å². The predicted molar refractivity (Wildman–Crippen MR) is 124 cm³/mol. The van der Waals surface area contributed by atoms with Crippen LogP contribution in [0.15, 0.2) is 65.6 Å². The molecular weight excluding hydrogens is 412 g/mol. The van der Waals surface area contributed by atoms with Crippen LogP contribution in [0.4, 0.5) is 5.69 Å². The number of hydrogen-bond acceptors (Lipinski definition) is 4. The molecule has 1 aromatic heterocycles. The van der Waals surface area contributed by atoms with Gasteiger partial charge in [-0.25, -0.2) is 8.42 Å². The molecule has 0 atom stereocenters. The molecule has 4 rings (SSSR count). The summed E-state index contributed by atoms with van der Waals surface area (Å²) in [5.74, 6) is 0. The molecular formula is C24H24N2O4S. The van der Waals surface area contributed by atoms with Crippen LogP contribution in [-0.4, -0.2) is 31.4 Å². The van der Waals surface area contributed by atoms with Crippen LogP contribution < -0.4 is 10.3 Å². The van der Waals surface area contributed by atoms with E-state index < -0.39 is 10.0 Å². The minimum absolute atomic E-state index is 0.0829. The zero-order valence-corrected chi connectivity index (χ0v) is 17.9. The number of hydrogen-bond donors (Lipinski definition) is 3. The van der Waals surface area contributed by atoms with Crippen molar-refractivity contribution < 1.29 is 13.5 Å². The second-order valence-corrected chi connectivity index (χ2v) is 9.77. The molecule has 160 valence electrons. The Morgan fingerprint density at radius 1 is 1.06 bits per heavy atom. The molecule has 0 spiro atoms. The molecule has 0 aliphatic heterocycles. The van der Waals surface area contributed by atoms with Gasteiger partial charge in [0.1, 0.15) is 0 Å². The fraction of sp³-hybridized carbons (Fsp3) is 0.208. The van der Waals surface area contributed by atoms with Crippen molar-refractivity contribution in [2.45, 2.75) is 18.3 Å². The fourth-order valence-electron chi connectivity index (χ4n) is 3.62. The Hall–Kier alpha value is -3.16. The van der Waals surface area contributed by atoms with Crippen molar-refractivity contribution in [3.8, 4) is 11.1 Å². The Morgan fingerprint density at radius 2 is 1.77 bits per heavy atom. The van der Waals surface area contributed by atoms with E-state index in [9.17, 15) is 18.3 Å². The molecule has 2 aromatic carbocycles. The van der Waals surface area contributed by atoms with Gasteiger partial charge in [0.05, 0.1) is 12.9 Å². The fourth-order valence-corrected chi connectivity index (χ4v) is 4.18. The lowest BCUT2D eigenvalue weighted by molar-refractivity contribution is 0.255. The lowest BCUT2D eigenvalue weighted by atomic mass is 9.91. The molecule has 0 amide bonds. The molecule has 0 unspecified atom stereocenters. The maximum Gasteiger partial charge on any atom is 0.255 e. The van der Waals surface area contributed by atoms with E-state index in [1.54, 1.807) is 30.5 Å². The van der Waals surface area contributed by atoms with E-state index in [1.807, 2.05) is 36.4 Å². The minimum atomic E-state index is -3.31. The maximum absolute atomic E-state index is 12.3. The third-order valence-electron chi connectivity index (χ3n) is 5.54. The Morgan fingerprint density at radius 3 is 2.39 bits per heavy atom. The largest absolute Gasteiger partial charge is 0.395 e. The van der Waals surface area contributed by atoms with Crippen LogP contribution in [0.5, 0.6) is 0 Å². The third-order valence-corrected chi connectivity index (χ3v) is 6.14. The number of pyridine rings is 1. The monoisotopic (exact) mass is 436 g/mol. The van der Waals surface area contributed by atoms with Gasteiger partial charge in [-0.15, -0.1) is 0 Å². The number of aromatic amines is 1. The van der Waals surface area contributed by atoms with Crippen molar-refractivity contribution in [3.05, 3.63) is 87.8 Å². The van der Waals surface area contributed by atoms with Crippen molar-refractivity contribution >= 4 is 27.9 Å². The molecule has 3 aromatic rings. The van der Waals surface area contributed by atoms with Gasteiger partial charge in [-0.1, -0.05) is 36.4 Å². The van der Waals surface area contributed by atoms with E-state index in [1.165, 1.54) is 0 Å². The van der Waals surface area contributed by atoms with E-state index in [-0.39, 0.29) is 17.6 Å². The van der Waals surface area contributed by atoms with Crippen LogP contribution in [0.3, 0.4) is 0 Å². The van der Waals surface area contributed by atoms with Crippen LogP contribution >= 0.6 is 0 Å². The number of aliphatic hydroxyl groups is 1. The molecule has 0 bridgehead atoms. The standard InChI is InChI=1S/C24H24N2O4S/c1-31(29,30)26-21-8-6-17(7-9-21)4-5-18-13-19(22-3-2-12-25-23(22)28)15-20(14-18)24(16-27)10-11-24/h2-9,12-15,26-27H,10-11,16H2,1H3,(H,25,28)/b5-4+. The van der Waals surface area contributed by atoms with E-state index in [2.05, 4.69) is 15.8 Å². The van der Waals surface area contributed by atoms with Gasteiger partial charge in [0.15, 0.2) is 0 Å². The Kier molecular flexibility index (Phi) is 5.56. The number of sulfonamides is 1. The van der Waals surface area contributed by atoms with Crippen LogP contribution in [-0.2, 0) is 15.4 Å².